The van der Waals surface area contributed by atoms with Gasteiger partial charge in [-0.25, -0.2) is 0 Å². The predicted octanol–water partition coefficient (Wildman–Crippen LogP) is 2.67. The van der Waals surface area contributed by atoms with Gasteiger partial charge < -0.3 is 0 Å². The summed E-state index contributed by atoms with van der Waals surface area (Å²) in [5.74, 6) is 0. The Bertz CT molecular complexity index is 289. The fraction of sp³-hybridized carbons (Fsp3) is 0.333. The van der Waals surface area contributed by atoms with Crippen molar-refractivity contribution in [3.8, 4) is 0 Å². The number of hydrogen-bond acceptors (Lipinski definition) is 2. The van der Waals surface area contributed by atoms with E-state index in [1.165, 1.54) is 5.56 Å². The lowest BCUT2D eigenvalue weighted by atomic mass is 10.2. The van der Waals surface area contributed by atoms with Crippen LogP contribution in [-0.4, -0.2) is 19.1 Å². The highest BCUT2D eigenvalue weighted by atomic mass is 79.9. The first kappa shape index (κ1) is 11.0. The summed E-state index contributed by atoms with van der Waals surface area (Å²) in [6.07, 6.45) is 0. The number of rotatable bonds is 3. The molecule has 0 bridgehead atoms. The molecule has 2 nitrogen and oxygen atoms in total. The summed E-state index contributed by atoms with van der Waals surface area (Å²) in [5, 5.41) is 2.67. The Kier molecular flexibility index (Phi) is 4.19. The topological polar surface area (TPSA) is 15.3 Å². The van der Waals surface area contributed by atoms with Gasteiger partial charge >= 0.3 is 0 Å². The van der Waals surface area contributed by atoms with E-state index in [4.69, 9.17) is 11.6 Å². The molecule has 1 rings (SSSR count). The smallest absolute Gasteiger partial charge is 0.0417 e. The highest BCUT2D eigenvalue weighted by Gasteiger charge is 2.00. The Morgan fingerprint density at radius 3 is 2.69 bits per heavy atom. The fourth-order valence-corrected chi connectivity index (χ4v) is 1.73. The Labute approximate surface area is 92.0 Å². The van der Waals surface area contributed by atoms with Crippen LogP contribution in [0.2, 0.25) is 5.02 Å². The quantitative estimate of drug-likeness (QED) is 0.844. The predicted molar refractivity (Wildman–Crippen MR) is 59.7 cm³/mol. The lowest BCUT2D eigenvalue weighted by Gasteiger charge is -2.12. The van der Waals surface area contributed by atoms with Gasteiger partial charge in [-0.15, -0.1) is 0 Å². The lowest BCUT2D eigenvalue weighted by molar-refractivity contribution is 0.285. The molecule has 0 fully saturated rings. The van der Waals surface area contributed by atoms with E-state index in [0.717, 1.165) is 16.0 Å². The summed E-state index contributed by atoms with van der Waals surface area (Å²) in [6.45, 7) is 0.796. The van der Waals surface area contributed by atoms with Gasteiger partial charge in [0.05, 0.1) is 0 Å². The van der Waals surface area contributed by atoms with E-state index in [2.05, 4.69) is 21.4 Å². The minimum Gasteiger partial charge on any atom is -0.251 e. The molecule has 0 heterocycles. The molecular weight excluding hydrogens is 251 g/mol. The summed E-state index contributed by atoms with van der Waals surface area (Å²) >= 11 is 9.27. The summed E-state index contributed by atoms with van der Waals surface area (Å²) < 4.78 is 1.04. The first-order valence-electron chi connectivity index (χ1n) is 3.94. The molecular formula is C9H12BrClN2. The molecule has 0 saturated carbocycles. The first-order valence-corrected chi connectivity index (χ1v) is 5.11. The van der Waals surface area contributed by atoms with E-state index in [1.54, 1.807) is 0 Å². The molecule has 0 radical (unpaired) electrons. The Hall–Kier alpha value is -0.0900. The number of nitrogens with zero attached hydrogens (tertiary/aromatic N) is 1. The number of halogens is 2. The van der Waals surface area contributed by atoms with E-state index in [1.807, 2.05) is 37.3 Å². The van der Waals surface area contributed by atoms with E-state index in [9.17, 15) is 0 Å². The van der Waals surface area contributed by atoms with Gasteiger partial charge in [0.15, 0.2) is 0 Å². The Morgan fingerprint density at radius 2 is 2.15 bits per heavy atom. The zero-order valence-electron chi connectivity index (χ0n) is 7.64. The maximum Gasteiger partial charge on any atom is 0.0417 e. The minimum absolute atomic E-state index is 0.750. The van der Waals surface area contributed by atoms with E-state index < -0.39 is 0 Å². The van der Waals surface area contributed by atoms with Crippen molar-refractivity contribution >= 4 is 27.5 Å². The van der Waals surface area contributed by atoms with Gasteiger partial charge in [0.25, 0.3) is 0 Å². The third-order valence-electron chi connectivity index (χ3n) is 1.60. The number of hydrazine groups is 1. The molecule has 1 aromatic rings. The van der Waals surface area contributed by atoms with Crippen molar-refractivity contribution in [2.45, 2.75) is 6.54 Å². The second-order valence-corrected chi connectivity index (χ2v) is 4.26. The van der Waals surface area contributed by atoms with Crippen LogP contribution in [0.15, 0.2) is 22.7 Å². The van der Waals surface area contributed by atoms with Crippen LogP contribution in [0.1, 0.15) is 5.56 Å². The molecule has 13 heavy (non-hydrogen) atoms. The van der Waals surface area contributed by atoms with Gasteiger partial charge in [-0.05, 0) is 17.7 Å². The van der Waals surface area contributed by atoms with Crippen molar-refractivity contribution in [3.05, 3.63) is 33.3 Å². The van der Waals surface area contributed by atoms with Gasteiger partial charge in [0, 0.05) is 30.1 Å². The molecule has 72 valence electrons. The van der Waals surface area contributed by atoms with Crippen LogP contribution in [-0.2, 0) is 6.54 Å². The van der Waals surface area contributed by atoms with Gasteiger partial charge in [0.1, 0.15) is 0 Å². The van der Waals surface area contributed by atoms with E-state index in [-0.39, 0.29) is 0 Å². The van der Waals surface area contributed by atoms with Crippen molar-refractivity contribution < 1.29 is 0 Å². The molecule has 0 unspecified atom stereocenters. The SMILES string of the molecule is CN(C)NCc1ccc(Cl)cc1Br. The average Bonchev–Trinajstić information content (AvgIpc) is 2.02. The zero-order valence-corrected chi connectivity index (χ0v) is 9.98. The lowest BCUT2D eigenvalue weighted by Crippen LogP contribution is -2.29. The molecule has 0 aliphatic rings. The van der Waals surface area contributed by atoms with Gasteiger partial charge in [0.2, 0.25) is 0 Å². The summed E-state index contributed by atoms with van der Waals surface area (Å²) in [7, 11) is 3.92. The summed E-state index contributed by atoms with van der Waals surface area (Å²) in [6, 6.07) is 5.79. The van der Waals surface area contributed by atoms with E-state index in [0.29, 0.717) is 0 Å². The third kappa shape index (κ3) is 3.65. The largest absolute Gasteiger partial charge is 0.251 e. The molecule has 0 amide bonds. The normalized spacial score (nSPS) is 10.8. The molecule has 0 atom stereocenters. The van der Waals surface area contributed by atoms with Crippen LogP contribution >= 0.6 is 27.5 Å². The number of nitrogens with one attached hydrogen (secondary N) is 1. The van der Waals surface area contributed by atoms with Gasteiger partial charge in [-0.2, -0.15) is 0 Å². The highest BCUT2D eigenvalue weighted by Crippen LogP contribution is 2.21. The molecule has 4 heteroatoms. The van der Waals surface area contributed by atoms with Crippen LogP contribution in [0.5, 0.6) is 0 Å². The molecule has 1 N–H and O–H groups in total. The molecule has 0 aromatic heterocycles. The molecule has 0 spiro atoms. The fourth-order valence-electron chi connectivity index (χ4n) is 0.908. The Morgan fingerprint density at radius 1 is 1.46 bits per heavy atom. The maximum absolute atomic E-state index is 5.82. The van der Waals surface area contributed by atoms with Crippen LogP contribution < -0.4 is 5.43 Å². The first-order chi connectivity index (χ1) is 6.09. The average molecular weight is 264 g/mol. The minimum atomic E-state index is 0.750. The van der Waals surface area contributed by atoms with Crippen LogP contribution in [0.4, 0.5) is 0 Å². The number of benzene rings is 1. The Balaban J connectivity index is 2.67. The standard InChI is InChI=1S/C9H12BrClN2/c1-13(2)12-6-7-3-4-8(11)5-9(7)10/h3-5,12H,6H2,1-2H3. The second kappa shape index (κ2) is 4.96. The van der Waals surface area contributed by atoms with Crippen molar-refractivity contribution in [2.75, 3.05) is 14.1 Å². The molecule has 1 aromatic carbocycles. The van der Waals surface area contributed by atoms with Crippen molar-refractivity contribution in [2.24, 2.45) is 0 Å². The van der Waals surface area contributed by atoms with Crippen LogP contribution in [0.25, 0.3) is 0 Å². The van der Waals surface area contributed by atoms with Crippen LogP contribution in [0.3, 0.4) is 0 Å². The van der Waals surface area contributed by atoms with E-state index >= 15 is 0 Å². The van der Waals surface area contributed by atoms with Crippen molar-refractivity contribution in [1.82, 2.24) is 10.4 Å². The zero-order chi connectivity index (χ0) is 9.84. The number of hydrogen-bond donors (Lipinski definition) is 1. The van der Waals surface area contributed by atoms with Crippen molar-refractivity contribution in [3.63, 3.8) is 0 Å². The summed E-state index contributed by atoms with van der Waals surface area (Å²) in [4.78, 5) is 0. The summed E-state index contributed by atoms with van der Waals surface area (Å²) in [5.41, 5.74) is 4.37. The third-order valence-corrected chi connectivity index (χ3v) is 2.57. The molecule has 0 aliphatic heterocycles. The van der Waals surface area contributed by atoms with Crippen LogP contribution in [0, 0.1) is 0 Å². The van der Waals surface area contributed by atoms with Gasteiger partial charge in [-0.3, -0.25) is 10.4 Å². The monoisotopic (exact) mass is 262 g/mol. The maximum atomic E-state index is 5.82. The molecule has 0 saturated heterocycles. The molecule has 0 aliphatic carbocycles. The van der Waals surface area contributed by atoms with Crippen molar-refractivity contribution in [1.29, 1.82) is 0 Å². The highest BCUT2D eigenvalue weighted by molar-refractivity contribution is 9.10. The second-order valence-electron chi connectivity index (χ2n) is 2.97. The van der Waals surface area contributed by atoms with Gasteiger partial charge in [-0.1, -0.05) is 33.6 Å².